The number of fused-ring (bicyclic) bond motifs is 5. The van der Waals surface area contributed by atoms with Crippen molar-refractivity contribution in [1.29, 1.82) is 0 Å². The average molecular weight is 426 g/mol. The summed E-state index contributed by atoms with van der Waals surface area (Å²) in [7, 11) is 0. The molecular formula is C19H21F3N4O2S. The van der Waals surface area contributed by atoms with Crippen molar-refractivity contribution in [2.24, 2.45) is 5.92 Å². The van der Waals surface area contributed by atoms with Crippen LogP contribution >= 0.6 is 12.2 Å². The Balaban J connectivity index is 1.71. The highest BCUT2D eigenvalue weighted by Crippen LogP contribution is 2.48. The van der Waals surface area contributed by atoms with Crippen molar-refractivity contribution >= 4 is 17.3 Å². The summed E-state index contributed by atoms with van der Waals surface area (Å²) in [6, 6.07) is 3.93. The first-order chi connectivity index (χ1) is 13.6. The van der Waals surface area contributed by atoms with Gasteiger partial charge in [0, 0.05) is 13.1 Å². The lowest BCUT2D eigenvalue weighted by molar-refractivity contribution is -0.137. The minimum absolute atomic E-state index is 0.0179. The average Bonchev–Trinajstić information content (AvgIpc) is 3.30. The molecule has 29 heavy (non-hydrogen) atoms. The van der Waals surface area contributed by atoms with Gasteiger partial charge in [0.05, 0.1) is 23.3 Å². The second kappa shape index (κ2) is 6.79. The van der Waals surface area contributed by atoms with Crippen LogP contribution in [0.15, 0.2) is 29.1 Å². The summed E-state index contributed by atoms with van der Waals surface area (Å²) in [4.78, 5) is 14.9. The summed E-state index contributed by atoms with van der Waals surface area (Å²) in [6.07, 6.45) is -3.91. The molecule has 0 amide bonds. The number of benzene rings is 1. The predicted molar refractivity (Wildman–Crippen MR) is 105 cm³/mol. The molecule has 1 aromatic carbocycles. The minimum atomic E-state index is -4.54. The highest BCUT2D eigenvalue weighted by atomic mass is 32.1. The maximum absolute atomic E-state index is 13.1. The van der Waals surface area contributed by atoms with Gasteiger partial charge < -0.3 is 15.3 Å². The maximum atomic E-state index is 13.1. The summed E-state index contributed by atoms with van der Waals surface area (Å²) in [6.45, 7) is 5.35. The summed E-state index contributed by atoms with van der Waals surface area (Å²) in [5.41, 5.74) is -1.03. The Morgan fingerprint density at radius 3 is 2.76 bits per heavy atom. The number of rotatable bonds is 3. The second-order valence-electron chi connectivity index (χ2n) is 7.88. The van der Waals surface area contributed by atoms with Gasteiger partial charge in [-0.15, -0.1) is 0 Å². The van der Waals surface area contributed by atoms with E-state index in [0.29, 0.717) is 36.2 Å². The van der Waals surface area contributed by atoms with Crippen LogP contribution in [-0.2, 0) is 6.18 Å². The van der Waals surface area contributed by atoms with Crippen LogP contribution in [0.1, 0.15) is 43.6 Å². The summed E-state index contributed by atoms with van der Waals surface area (Å²) >= 11 is 5.47. The Labute approximate surface area is 170 Å². The second-order valence-corrected chi connectivity index (χ2v) is 8.27. The van der Waals surface area contributed by atoms with E-state index >= 15 is 0 Å². The molecule has 10 heteroatoms. The molecule has 0 spiro atoms. The molecule has 4 rings (SSSR count). The molecule has 1 aromatic heterocycles. The van der Waals surface area contributed by atoms with Gasteiger partial charge >= 0.3 is 11.9 Å². The van der Waals surface area contributed by atoms with Crippen molar-refractivity contribution < 1.29 is 18.3 Å². The Morgan fingerprint density at radius 2 is 2.10 bits per heavy atom. The molecule has 1 saturated heterocycles. The van der Waals surface area contributed by atoms with Gasteiger partial charge in [0.25, 0.3) is 0 Å². The molecule has 156 valence electrons. The van der Waals surface area contributed by atoms with E-state index in [4.69, 9.17) is 12.2 Å². The Morgan fingerprint density at radius 1 is 1.38 bits per heavy atom. The van der Waals surface area contributed by atoms with Crippen molar-refractivity contribution in [3.8, 4) is 11.6 Å². The number of hydrogen-bond donors (Lipinski definition) is 2. The molecule has 2 aliphatic rings. The first-order valence-corrected chi connectivity index (χ1v) is 9.78. The lowest BCUT2D eigenvalue weighted by Gasteiger charge is -2.30. The van der Waals surface area contributed by atoms with Gasteiger partial charge in [-0.1, -0.05) is 19.9 Å². The van der Waals surface area contributed by atoms with Gasteiger partial charge in [0.2, 0.25) is 5.88 Å². The molecule has 2 atom stereocenters. The Kier molecular flexibility index (Phi) is 4.64. The van der Waals surface area contributed by atoms with E-state index in [9.17, 15) is 23.1 Å². The molecule has 0 aliphatic carbocycles. The quantitative estimate of drug-likeness (QED) is 0.739. The van der Waals surface area contributed by atoms with E-state index in [1.807, 2.05) is 4.90 Å². The third-order valence-corrected chi connectivity index (χ3v) is 5.79. The van der Waals surface area contributed by atoms with Crippen molar-refractivity contribution in [2.45, 2.75) is 38.5 Å². The third kappa shape index (κ3) is 3.19. The zero-order valence-electron chi connectivity index (χ0n) is 15.9. The zero-order chi connectivity index (χ0) is 21.1. The highest BCUT2D eigenvalue weighted by molar-refractivity contribution is 7.80. The SMILES string of the molecule is CC(C)CNC(=S)N1CC2CC1c1c(O)n(-c3cccc(C(F)(F)F)c3)c(=O)n12. The van der Waals surface area contributed by atoms with Gasteiger partial charge in [-0.05, 0) is 42.8 Å². The van der Waals surface area contributed by atoms with Crippen LogP contribution in [0.2, 0.25) is 0 Å². The molecule has 1 fully saturated rings. The third-order valence-electron chi connectivity index (χ3n) is 5.41. The summed E-state index contributed by atoms with van der Waals surface area (Å²) in [5, 5.41) is 14.5. The fourth-order valence-electron chi connectivity index (χ4n) is 4.12. The monoisotopic (exact) mass is 426 g/mol. The van der Waals surface area contributed by atoms with E-state index in [2.05, 4.69) is 19.2 Å². The van der Waals surface area contributed by atoms with Crippen LogP contribution in [0.3, 0.4) is 0 Å². The van der Waals surface area contributed by atoms with Gasteiger partial charge in [0.1, 0.15) is 5.69 Å². The fourth-order valence-corrected chi connectivity index (χ4v) is 4.40. The Bertz CT molecular complexity index is 1030. The minimum Gasteiger partial charge on any atom is -0.493 e. The number of nitrogens with one attached hydrogen (secondary N) is 1. The Hall–Kier alpha value is -2.49. The number of hydrogen-bond acceptors (Lipinski definition) is 3. The molecule has 0 radical (unpaired) electrons. The van der Waals surface area contributed by atoms with Crippen LogP contribution in [-0.4, -0.2) is 37.3 Å². The van der Waals surface area contributed by atoms with Crippen molar-refractivity contribution in [3.05, 3.63) is 46.0 Å². The lowest BCUT2D eigenvalue weighted by Crippen LogP contribution is -2.44. The van der Waals surface area contributed by atoms with E-state index < -0.39 is 17.4 Å². The molecule has 6 nitrogen and oxygen atoms in total. The lowest BCUT2D eigenvalue weighted by atomic mass is 10.2. The predicted octanol–water partition coefficient (Wildman–Crippen LogP) is 3.20. The maximum Gasteiger partial charge on any atom is 0.416 e. The molecule has 2 bridgehead atoms. The molecule has 2 aromatic rings. The summed E-state index contributed by atoms with van der Waals surface area (Å²) < 4.78 is 41.6. The summed E-state index contributed by atoms with van der Waals surface area (Å²) in [5.74, 6) is 0.0690. The molecule has 2 unspecified atom stereocenters. The molecule has 3 heterocycles. The number of thiocarbonyl (C=S) groups is 1. The molecule has 0 saturated carbocycles. The molecular weight excluding hydrogens is 405 g/mol. The van der Waals surface area contributed by atoms with E-state index in [-0.39, 0.29) is 23.7 Å². The van der Waals surface area contributed by atoms with Gasteiger partial charge in [-0.3, -0.25) is 4.57 Å². The van der Waals surface area contributed by atoms with E-state index in [0.717, 1.165) is 16.7 Å². The van der Waals surface area contributed by atoms with Crippen LogP contribution in [0.5, 0.6) is 5.88 Å². The van der Waals surface area contributed by atoms with Crippen molar-refractivity contribution in [2.75, 3.05) is 13.1 Å². The zero-order valence-corrected chi connectivity index (χ0v) is 16.7. The number of nitrogens with zero attached hydrogens (tertiary/aromatic N) is 3. The molecule has 2 aliphatic heterocycles. The van der Waals surface area contributed by atoms with Crippen LogP contribution < -0.4 is 11.0 Å². The van der Waals surface area contributed by atoms with Crippen LogP contribution in [0, 0.1) is 5.92 Å². The first kappa shape index (κ1) is 19.8. The topological polar surface area (TPSA) is 62.4 Å². The molecule has 2 N–H and O–H groups in total. The number of aromatic hydroxyl groups is 1. The standard InChI is InChI=1S/C19H21F3N4O2S/c1-10(2)8-23-17(29)24-9-13-7-14(24)15-16(27)26(18(28)25(13)15)12-5-3-4-11(6-12)19(20,21)22/h3-6,10,13-14,27H,7-9H2,1-2H3,(H,23,29). The number of likely N-dealkylation sites (tertiary alicyclic amines) is 1. The number of alkyl halides is 3. The number of aromatic nitrogens is 2. The fraction of sp³-hybridized carbons (Fsp3) is 0.474. The van der Waals surface area contributed by atoms with E-state index in [1.54, 1.807) is 0 Å². The smallest absolute Gasteiger partial charge is 0.416 e. The van der Waals surface area contributed by atoms with Crippen LogP contribution in [0.25, 0.3) is 5.69 Å². The van der Waals surface area contributed by atoms with Gasteiger partial charge in [-0.2, -0.15) is 13.2 Å². The van der Waals surface area contributed by atoms with Gasteiger partial charge in [-0.25, -0.2) is 9.36 Å². The van der Waals surface area contributed by atoms with Crippen molar-refractivity contribution in [1.82, 2.24) is 19.4 Å². The largest absolute Gasteiger partial charge is 0.493 e. The normalized spacial score (nSPS) is 20.4. The highest BCUT2D eigenvalue weighted by Gasteiger charge is 2.48. The van der Waals surface area contributed by atoms with Crippen molar-refractivity contribution in [3.63, 3.8) is 0 Å². The van der Waals surface area contributed by atoms with Crippen LogP contribution in [0.4, 0.5) is 13.2 Å². The van der Waals surface area contributed by atoms with Gasteiger partial charge in [0.15, 0.2) is 5.11 Å². The number of imidazole rings is 1. The first-order valence-electron chi connectivity index (χ1n) is 9.37. The number of halogens is 3. The van der Waals surface area contributed by atoms with E-state index in [1.165, 1.54) is 16.7 Å².